The van der Waals surface area contributed by atoms with Gasteiger partial charge < -0.3 is 5.32 Å². The fourth-order valence-corrected chi connectivity index (χ4v) is 4.73. The lowest BCUT2D eigenvalue weighted by Crippen LogP contribution is -2.52. The molecule has 1 atom stereocenters. The molecule has 0 radical (unpaired) electrons. The minimum Gasteiger partial charge on any atom is -0.300 e. The molecule has 0 aromatic rings. The van der Waals surface area contributed by atoms with E-state index in [-0.39, 0.29) is 0 Å². The van der Waals surface area contributed by atoms with Crippen LogP contribution in [0.3, 0.4) is 0 Å². The van der Waals surface area contributed by atoms with Crippen LogP contribution in [-0.2, 0) is 0 Å². The van der Waals surface area contributed by atoms with Crippen molar-refractivity contribution in [2.75, 3.05) is 5.75 Å². The van der Waals surface area contributed by atoms with Gasteiger partial charge in [0.2, 0.25) is 0 Å². The molecule has 88 valence electrons. The molecule has 1 spiro atoms. The summed E-state index contributed by atoms with van der Waals surface area (Å²) in [5, 5.41) is 3.85. The van der Waals surface area contributed by atoms with Crippen molar-refractivity contribution in [1.82, 2.24) is 5.32 Å². The Bertz CT molecular complexity index is 207. The number of hydrogen-bond donors (Lipinski definition) is 1. The quantitative estimate of drug-likeness (QED) is 0.734. The largest absolute Gasteiger partial charge is 0.300 e. The van der Waals surface area contributed by atoms with E-state index in [4.69, 9.17) is 0 Å². The zero-order chi connectivity index (χ0) is 10.9. The molecule has 0 aromatic heterocycles. The summed E-state index contributed by atoms with van der Waals surface area (Å²) in [7, 11) is 0. The highest BCUT2D eigenvalue weighted by Crippen LogP contribution is 2.44. The molecule has 2 aliphatic rings. The van der Waals surface area contributed by atoms with Crippen LogP contribution in [-0.4, -0.2) is 16.7 Å². The maximum Gasteiger partial charge on any atom is 0.0647 e. The molecule has 0 bridgehead atoms. The first-order valence-electron chi connectivity index (χ1n) is 6.53. The average Bonchev–Trinajstić information content (AvgIpc) is 2.18. The minimum absolute atomic E-state index is 0.461. The van der Waals surface area contributed by atoms with Crippen molar-refractivity contribution in [2.45, 2.75) is 63.8 Å². The van der Waals surface area contributed by atoms with Gasteiger partial charge in [-0.1, -0.05) is 13.8 Å². The average molecular weight is 227 g/mol. The number of hydrogen-bond acceptors (Lipinski definition) is 2. The molecule has 0 aromatic carbocycles. The first-order chi connectivity index (χ1) is 7.11. The van der Waals surface area contributed by atoms with Crippen molar-refractivity contribution in [2.24, 2.45) is 11.8 Å². The van der Waals surface area contributed by atoms with Crippen LogP contribution in [0.4, 0.5) is 0 Å². The highest BCUT2D eigenvalue weighted by molar-refractivity contribution is 8.00. The Labute approximate surface area is 98.8 Å². The van der Waals surface area contributed by atoms with Gasteiger partial charge in [0.05, 0.1) is 4.87 Å². The Morgan fingerprint density at radius 1 is 1.20 bits per heavy atom. The molecule has 1 saturated heterocycles. The van der Waals surface area contributed by atoms with Crippen LogP contribution in [0.1, 0.15) is 52.9 Å². The van der Waals surface area contributed by atoms with E-state index in [9.17, 15) is 0 Å². The Hall–Kier alpha value is 0.310. The second-order valence-electron chi connectivity index (χ2n) is 5.76. The van der Waals surface area contributed by atoms with E-state index < -0.39 is 0 Å². The zero-order valence-corrected chi connectivity index (χ0v) is 11.2. The van der Waals surface area contributed by atoms with E-state index in [0.29, 0.717) is 4.87 Å². The van der Waals surface area contributed by atoms with E-state index in [0.717, 1.165) is 17.9 Å². The van der Waals surface area contributed by atoms with E-state index in [1.807, 2.05) is 0 Å². The lowest BCUT2D eigenvalue weighted by atomic mass is 9.79. The Morgan fingerprint density at radius 2 is 1.87 bits per heavy atom. The lowest BCUT2D eigenvalue weighted by molar-refractivity contribution is 0.207. The van der Waals surface area contributed by atoms with Crippen molar-refractivity contribution >= 4 is 11.8 Å². The van der Waals surface area contributed by atoms with Gasteiger partial charge in [0.1, 0.15) is 0 Å². The van der Waals surface area contributed by atoms with Crippen molar-refractivity contribution in [3.8, 4) is 0 Å². The molecular weight excluding hydrogens is 202 g/mol. The molecule has 2 heteroatoms. The summed E-state index contributed by atoms with van der Waals surface area (Å²) in [5.74, 6) is 3.23. The van der Waals surface area contributed by atoms with Gasteiger partial charge in [-0.3, -0.25) is 0 Å². The molecule has 1 nitrogen and oxygen atoms in total. The van der Waals surface area contributed by atoms with E-state index >= 15 is 0 Å². The summed E-state index contributed by atoms with van der Waals surface area (Å²) >= 11 is 2.19. The summed E-state index contributed by atoms with van der Waals surface area (Å²) in [6.45, 7) is 7.11. The van der Waals surface area contributed by atoms with Crippen molar-refractivity contribution in [3.63, 3.8) is 0 Å². The fourth-order valence-electron chi connectivity index (χ4n) is 3.06. The summed E-state index contributed by atoms with van der Waals surface area (Å²) in [4.78, 5) is 0.461. The first kappa shape index (κ1) is 11.8. The van der Waals surface area contributed by atoms with E-state index in [1.165, 1.54) is 37.9 Å². The van der Waals surface area contributed by atoms with E-state index in [2.05, 4.69) is 37.8 Å². The van der Waals surface area contributed by atoms with Crippen LogP contribution >= 0.6 is 11.8 Å². The van der Waals surface area contributed by atoms with Gasteiger partial charge in [-0.15, -0.1) is 11.8 Å². The van der Waals surface area contributed by atoms with Crippen LogP contribution in [0.2, 0.25) is 0 Å². The normalized spacial score (nSPS) is 42.4. The highest BCUT2D eigenvalue weighted by atomic mass is 32.2. The Morgan fingerprint density at radius 3 is 2.40 bits per heavy atom. The Balaban J connectivity index is 1.90. The standard InChI is InChI=1S/C13H25NS/c1-10(2)12-4-7-13(8-5-12)14-11(3)6-9-15-13/h10-12,14H,4-9H2,1-3H3. The van der Waals surface area contributed by atoms with Crippen LogP contribution < -0.4 is 5.32 Å². The minimum atomic E-state index is 0.461. The summed E-state index contributed by atoms with van der Waals surface area (Å²) in [5.41, 5.74) is 0. The third kappa shape index (κ3) is 2.71. The molecule has 15 heavy (non-hydrogen) atoms. The van der Waals surface area contributed by atoms with Gasteiger partial charge >= 0.3 is 0 Å². The van der Waals surface area contributed by atoms with Crippen LogP contribution in [0, 0.1) is 11.8 Å². The van der Waals surface area contributed by atoms with Crippen molar-refractivity contribution in [1.29, 1.82) is 0 Å². The summed E-state index contributed by atoms with van der Waals surface area (Å²) < 4.78 is 0. The Kier molecular flexibility index (Phi) is 3.67. The molecule has 1 heterocycles. The second-order valence-corrected chi connectivity index (χ2v) is 7.24. The van der Waals surface area contributed by atoms with E-state index in [1.54, 1.807) is 0 Å². The molecule has 1 saturated carbocycles. The topological polar surface area (TPSA) is 12.0 Å². The zero-order valence-electron chi connectivity index (χ0n) is 10.4. The molecule has 2 rings (SSSR count). The highest BCUT2D eigenvalue weighted by Gasteiger charge is 2.39. The van der Waals surface area contributed by atoms with Gasteiger partial charge in [0, 0.05) is 6.04 Å². The molecular formula is C13H25NS. The number of rotatable bonds is 1. The predicted molar refractivity (Wildman–Crippen MR) is 69.2 cm³/mol. The van der Waals surface area contributed by atoms with Crippen LogP contribution in [0.25, 0.3) is 0 Å². The van der Waals surface area contributed by atoms with Gasteiger partial charge in [-0.25, -0.2) is 0 Å². The molecule has 1 unspecified atom stereocenters. The molecule has 1 aliphatic carbocycles. The van der Waals surface area contributed by atoms with Crippen molar-refractivity contribution in [3.05, 3.63) is 0 Å². The maximum absolute atomic E-state index is 3.85. The smallest absolute Gasteiger partial charge is 0.0647 e. The monoisotopic (exact) mass is 227 g/mol. The number of nitrogens with one attached hydrogen (secondary N) is 1. The second kappa shape index (κ2) is 4.67. The summed E-state index contributed by atoms with van der Waals surface area (Å²) in [6.07, 6.45) is 7.00. The molecule has 1 N–H and O–H groups in total. The number of thioether (sulfide) groups is 1. The van der Waals surface area contributed by atoms with Gasteiger partial charge in [0.15, 0.2) is 0 Å². The summed E-state index contributed by atoms with van der Waals surface area (Å²) in [6, 6.07) is 0.738. The third-order valence-corrected chi connectivity index (χ3v) is 5.74. The maximum atomic E-state index is 3.85. The molecule has 1 aliphatic heterocycles. The third-order valence-electron chi connectivity index (χ3n) is 4.22. The lowest BCUT2D eigenvalue weighted by Gasteiger charge is -2.46. The fraction of sp³-hybridized carbons (Fsp3) is 1.00. The van der Waals surface area contributed by atoms with Crippen molar-refractivity contribution < 1.29 is 0 Å². The first-order valence-corrected chi connectivity index (χ1v) is 7.51. The van der Waals surface area contributed by atoms with Gasteiger partial charge in [0.25, 0.3) is 0 Å². The molecule has 0 amide bonds. The van der Waals surface area contributed by atoms with Crippen LogP contribution in [0.15, 0.2) is 0 Å². The van der Waals surface area contributed by atoms with Gasteiger partial charge in [-0.05, 0) is 56.6 Å². The van der Waals surface area contributed by atoms with Crippen LogP contribution in [0.5, 0.6) is 0 Å². The molecule has 2 fully saturated rings. The predicted octanol–water partition coefficient (Wildman–Crippen LogP) is 3.64. The van der Waals surface area contributed by atoms with Gasteiger partial charge in [-0.2, -0.15) is 0 Å². The SMILES string of the molecule is CC1CCSC2(CCC(C(C)C)CC2)N1.